The molecular formula is C27H30ClN3O3S. The quantitative estimate of drug-likeness (QED) is 0.431. The van der Waals surface area contributed by atoms with Crippen molar-refractivity contribution in [1.82, 2.24) is 10.2 Å². The number of rotatable bonds is 8. The summed E-state index contributed by atoms with van der Waals surface area (Å²) in [5.74, 6) is -0.366. The highest BCUT2D eigenvalue weighted by atomic mass is 35.5. The number of nitrogens with one attached hydrogen (secondary N) is 2. The third-order valence-corrected chi connectivity index (χ3v) is 8.15. The number of halogens is 1. The monoisotopic (exact) mass is 511 g/mol. The van der Waals surface area contributed by atoms with Crippen molar-refractivity contribution in [2.24, 2.45) is 0 Å². The van der Waals surface area contributed by atoms with Crippen molar-refractivity contribution in [3.05, 3.63) is 93.5 Å². The summed E-state index contributed by atoms with van der Waals surface area (Å²) in [6.45, 7) is 7.37. The van der Waals surface area contributed by atoms with Gasteiger partial charge in [-0.15, -0.1) is 0 Å². The zero-order valence-electron chi connectivity index (χ0n) is 20.0. The fraction of sp³-hybridized carbons (Fsp3) is 0.296. The number of amides is 1. The van der Waals surface area contributed by atoms with Crippen LogP contribution in [0.5, 0.6) is 0 Å². The Hall–Kier alpha value is -2.87. The van der Waals surface area contributed by atoms with Crippen molar-refractivity contribution >= 4 is 33.2 Å². The van der Waals surface area contributed by atoms with Crippen LogP contribution >= 0.6 is 11.6 Å². The Morgan fingerprint density at radius 1 is 0.943 bits per heavy atom. The first-order valence-electron chi connectivity index (χ1n) is 11.7. The molecular weight excluding hydrogens is 482 g/mol. The number of sulfonamides is 1. The summed E-state index contributed by atoms with van der Waals surface area (Å²) in [5.41, 5.74) is 4.90. The van der Waals surface area contributed by atoms with E-state index in [0.717, 1.165) is 36.3 Å². The van der Waals surface area contributed by atoms with Gasteiger partial charge in [0.15, 0.2) is 0 Å². The molecule has 2 N–H and O–H groups in total. The number of benzene rings is 3. The Bertz CT molecular complexity index is 1340. The maximum absolute atomic E-state index is 13.0. The van der Waals surface area contributed by atoms with E-state index in [4.69, 9.17) is 11.6 Å². The van der Waals surface area contributed by atoms with Gasteiger partial charge in [-0.1, -0.05) is 41.9 Å². The molecule has 1 heterocycles. The summed E-state index contributed by atoms with van der Waals surface area (Å²) in [7, 11) is -3.98. The summed E-state index contributed by atoms with van der Waals surface area (Å²) >= 11 is 6.21. The Morgan fingerprint density at radius 3 is 2.43 bits per heavy atom. The van der Waals surface area contributed by atoms with Gasteiger partial charge < -0.3 is 5.32 Å². The van der Waals surface area contributed by atoms with E-state index in [1.165, 1.54) is 36.6 Å². The molecule has 1 amide bonds. The van der Waals surface area contributed by atoms with E-state index in [0.29, 0.717) is 12.2 Å². The van der Waals surface area contributed by atoms with E-state index >= 15 is 0 Å². The molecule has 0 bridgehead atoms. The number of aryl methyl sites for hydroxylation is 2. The van der Waals surface area contributed by atoms with Gasteiger partial charge in [0.05, 0.1) is 5.02 Å². The van der Waals surface area contributed by atoms with Crippen molar-refractivity contribution < 1.29 is 13.2 Å². The molecule has 1 aliphatic heterocycles. The molecule has 184 valence electrons. The maximum Gasteiger partial charge on any atom is 0.263 e. The zero-order valence-corrected chi connectivity index (χ0v) is 21.5. The van der Waals surface area contributed by atoms with Crippen LogP contribution in [-0.2, 0) is 23.1 Å². The number of anilines is 1. The van der Waals surface area contributed by atoms with E-state index < -0.39 is 10.0 Å². The predicted octanol–water partition coefficient (Wildman–Crippen LogP) is 5.28. The number of carbonyl (C=O) groups excluding carboxylic acids is 1. The van der Waals surface area contributed by atoms with Gasteiger partial charge in [-0.25, -0.2) is 8.42 Å². The van der Waals surface area contributed by atoms with Gasteiger partial charge in [0.1, 0.15) is 4.90 Å². The molecule has 6 nitrogen and oxygen atoms in total. The van der Waals surface area contributed by atoms with E-state index in [2.05, 4.69) is 27.1 Å². The third-order valence-electron chi connectivity index (χ3n) is 6.29. The van der Waals surface area contributed by atoms with Gasteiger partial charge in [-0.3, -0.25) is 14.4 Å². The van der Waals surface area contributed by atoms with Crippen LogP contribution in [0.15, 0.2) is 65.6 Å². The summed E-state index contributed by atoms with van der Waals surface area (Å²) in [6, 6.07) is 17.7. The van der Waals surface area contributed by atoms with Gasteiger partial charge in [-0.2, -0.15) is 0 Å². The number of carbonyl (C=O) groups is 1. The number of nitrogens with zero attached hydrogens (tertiary/aromatic N) is 1. The molecule has 0 radical (unpaired) electrons. The van der Waals surface area contributed by atoms with E-state index in [1.54, 1.807) is 12.1 Å². The summed E-state index contributed by atoms with van der Waals surface area (Å²) in [4.78, 5) is 15.1. The van der Waals surface area contributed by atoms with Crippen LogP contribution < -0.4 is 10.0 Å². The molecule has 0 saturated carbocycles. The molecule has 4 rings (SSSR count). The molecule has 0 aromatic heterocycles. The molecule has 0 aliphatic carbocycles. The normalized spacial score (nSPS) is 14.1. The van der Waals surface area contributed by atoms with Crippen molar-refractivity contribution in [3.63, 3.8) is 0 Å². The highest BCUT2D eigenvalue weighted by molar-refractivity contribution is 7.92. The zero-order chi connectivity index (χ0) is 25.0. The molecule has 8 heteroatoms. The van der Waals surface area contributed by atoms with Gasteiger partial charge >= 0.3 is 0 Å². The lowest BCUT2D eigenvalue weighted by atomic mass is 10.1. The highest BCUT2D eigenvalue weighted by Crippen LogP contribution is 2.26. The molecule has 0 spiro atoms. The molecule has 1 aliphatic rings. The van der Waals surface area contributed by atoms with Gasteiger partial charge in [-0.05, 0) is 92.4 Å². The van der Waals surface area contributed by atoms with E-state index in [1.807, 2.05) is 32.0 Å². The van der Waals surface area contributed by atoms with Crippen LogP contribution in [0.1, 0.15) is 45.5 Å². The largest absolute Gasteiger partial charge is 0.348 e. The van der Waals surface area contributed by atoms with Gasteiger partial charge in [0.25, 0.3) is 15.9 Å². The lowest BCUT2D eigenvalue weighted by molar-refractivity contribution is 0.0950. The van der Waals surface area contributed by atoms with Gasteiger partial charge in [0, 0.05) is 24.3 Å². The minimum atomic E-state index is -3.98. The first-order valence-corrected chi connectivity index (χ1v) is 13.6. The Kier molecular flexibility index (Phi) is 7.79. The Balaban J connectivity index is 1.45. The minimum Gasteiger partial charge on any atom is -0.348 e. The van der Waals surface area contributed by atoms with Crippen LogP contribution in [-0.4, -0.2) is 32.3 Å². The van der Waals surface area contributed by atoms with Crippen LogP contribution in [0.3, 0.4) is 0 Å². The van der Waals surface area contributed by atoms with Crippen molar-refractivity contribution in [2.45, 2.75) is 44.7 Å². The van der Waals surface area contributed by atoms with Crippen LogP contribution in [0.2, 0.25) is 5.02 Å². The van der Waals surface area contributed by atoms with Crippen LogP contribution in [0, 0.1) is 13.8 Å². The van der Waals surface area contributed by atoms with E-state index in [9.17, 15) is 13.2 Å². The van der Waals surface area contributed by atoms with Gasteiger partial charge in [0.2, 0.25) is 0 Å². The SMILES string of the molecule is Cc1ccc(NS(=O)(=O)c2cc(C(=O)NCc3cccc(CN4CCCC4)c3)ccc2Cl)cc1C. The minimum absolute atomic E-state index is 0.0486. The second kappa shape index (κ2) is 10.8. The third kappa shape index (κ3) is 6.42. The lowest BCUT2D eigenvalue weighted by Crippen LogP contribution is -2.24. The molecule has 0 atom stereocenters. The average molecular weight is 512 g/mol. The van der Waals surface area contributed by atoms with Crippen LogP contribution in [0.25, 0.3) is 0 Å². The van der Waals surface area contributed by atoms with Crippen molar-refractivity contribution in [2.75, 3.05) is 17.8 Å². The fourth-order valence-electron chi connectivity index (χ4n) is 4.19. The maximum atomic E-state index is 13.0. The number of hydrogen-bond donors (Lipinski definition) is 2. The second-order valence-electron chi connectivity index (χ2n) is 9.04. The first kappa shape index (κ1) is 25.2. The fourth-order valence-corrected chi connectivity index (χ4v) is 5.76. The number of likely N-dealkylation sites (tertiary alicyclic amines) is 1. The summed E-state index contributed by atoms with van der Waals surface area (Å²) < 4.78 is 28.6. The molecule has 1 saturated heterocycles. The standard InChI is InChI=1S/C27H30ClN3O3S/c1-19-8-10-24(14-20(19)2)30-35(33,34)26-16-23(9-11-25(26)28)27(32)29-17-21-6-5-7-22(15-21)18-31-12-3-4-13-31/h5-11,14-16,30H,3-4,12-13,17-18H2,1-2H3,(H,29,32). The molecule has 35 heavy (non-hydrogen) atoms. The highest BCUT2D eigenvalue weighted by Gasteiger charge is 2.21. The summed E-state index contributed by atoms with van der Waals surface area (Å²) in [5, 5.41) is 2.94. The van der Waals surface area contributed by atoms with Crippen LogP contribution in [0.4, 0.5) is 5.69 Å². The Labute approximate surface area is 212 Å². The molecule has 3 aromatic carbocycles. The second-order valence-corrected chi connectivity index (χ2v) is 11.1. The smallest absolute Gasteiger partial charge is 0.263 e. The first-order chi connectivity index (χ1) is 16.7. The molecule has 1 fully saturated rings. The predicted molar refractivity (Wildman–Crippen MR) is 140 cm³/mol. The molecule has 3 aromatic rings. The van der Waals surface area contributed by atoms with Crippen molar-refractivity contribution in [3.8, 4) is 0 Å². The summed E-state index contributed by atoms with van der Waals surface area (Å²) in [6.07, 6.45) is 2.49. The molecule has 0 unspecified atom stereocenters. The lowest BCUT2D eigenvalue weighted by Gasteiger charge is -2.15. The Morgan fingerprint density at radius 2 is 1.69 bits per heavy atom. The average Bonchev–Trinajstić information content (AvgIpc) is 3.33. The van der Waals surface area contributed by atoms with E-state index in [-0.39, 0.29) is 21.4 Å². The van der Waals surface area contributed by atoms with Crippen molar-refractivity contribution in [1.29, 1.82) is 0 Å². The topological polar surface area (TPSA) is 78.5 Å². The number of hydrogen-bond acceptors (Lipinski definition) is 4.